The van der Waals surface area contributed by atoms with E-state index < -0.39 is 0 Å². The first-order valence-electron chi connectivity index (χ1n) is 8.86. The van der Waals surface area contributed by atoms with Gasteiger partial charge in [0.15, 0.2) is 0 Å². The molecule has 3 aromatic carbocycles. The summed E-state index contributed by atoms with van der Waals surface area (Å²) in [5.41, 5.74) is 4.24. The Morgan fingerprint density at radius 3 is 1.17 bits per heavy atom. The molecular formula is C24H28. The zero-order valence-corrected chi connectivity index (χ0v) is 15.0. The van der Waals surface area contributed by atoms with Crippen molar-refractivity contribution in [3.8, 4) is 0 Å². The van der Waals surface area contributed by atoms with Crippen LogP contribution in [0.5, 0.6) is 0 Å². The van der Waals surface area contributed by atoms with Gasteiger partial charge in [-0.1, -0.05) is 112 Å². The molecule has 0 heteroatoms. The van der Waals surface area contributed by atoms with E-state index in [0.717, 1.165) is 6.42 Å². The van der Waals surface area contributed by atoms with E-state index in [2.05, 4.69) is 106 Å². The second-order valence-corrected chi connectivity index (χ2v) is 6.24. The highest BCUT2D eigenvalue weighted by Crippen LogP contribution is 2.31. The lowest BCUT2D eigenvalue weighted by Crippen LogP contribution is -2.04. The molecular weight excluding hydrogens is 288 g/mol. The van der Waals surface area contributed by atoms with E-state index >= 15 is 0 Å². The Hall–Kier alpha value is -2.34. The summed E-state index contributed by atoms with van der Waals surface area (Å²) in [7, 11) is 0. The van der Waals surface area contributed by atoms with Crippen molar-refractivity contribution in [2.45, 2.75) is 39.0 Å². The first-order chi connectivity index (χ1) is 11.7. The highest BCUT2D eigenvalue weighted by Gasteiger charge is 2.15. The fourth-order valence-electron chi connectivity index (χ4n) is 2.80. The number of hydrogen-bond donors (Lipinski definition) is 0. The first kappa shape index (κ1) is 18.0. The molecule has 0 heterocycles. The molecule has 0 saturated heterocycles. The number of aryl methyl sites for hydroxylation is 1. The quantitative estimate of drug-likeness (QED) is 0.494. The molecule has 3 rings (SSSR count). The van der Waals surface area contributed by atoms with Crippen molar-refractivity contribution >= 4 is 0 Å². The van der Waals surface area contributed by atoms with Gasteiger partial charge in [0.05, 0.1) is 0 Å². The van der Waals surface area contributed by atoms with Crippen molar-refractivity contribution < 1.29 is 0 Å². The van der Waals surface area contributed by atoms with E-state index in [1.54, 1.807) is 0 Å². The van der Waals surface area contributed by atoms with Crippen molar-refractivity contribution in [2.75, 3.05) is 0 Å². The van der Waals surface area contributed by atoms with Crippen LogP contribution >= 0.6 is 0 Å². The fourth-order valence-corrected chi connectivity index (χ4v) is 2.80. The van der Waals surface area contributed by atoms with Crippen LogP contribution in [0.4, 0.5) is 0 Å². The first-order valence-corrected chi connectivity index (χ1v) is 8.86. The fraction of sp³-hybridized carbons (Fsp3) is 0.250. The lowest BCUT2D eigenvalue weighted by molar-refractivity contribution is 0.624. The Kier molecular flexibility index (Phi) is 7.29. The van der Waals surface area contributed by atoms with Crippen LogP contribution in [0, 0.1) is 0 Å². The molecule has 124 valence electrons. The van der Waals surface area contributed by atoms with E-state index in [1.165, 1.54) is 16.7 Å². The van der Waals surface area contributed by atoms with Gasteiger partial charge in [-0.3, -0.25) is 0 Å². The van der Waals surface area contributed by atoms with Gasteiger partial charge in [-0.15, -0.1) is 0 Å². The molecule has 24 heavy (non-hydrogen) atoms. The molecule has 2 atom stereocenters. The Balaban J connectivity index is 0.000000219. The Bertz CT molecular complexity index is 628. The third kappa shape index (κ3) is 5.38. The van der Waals surface area contributed by atoms with Crippen molar-refractivity contribution in [1.82, 2.24) is 0 Å². The zero-order chi connectivity index (χ0) is 17.2. The second-order valence-electron chi connectivity index (χ2n) is 6.24. The van der Waals surface area contributed by atoms with Crippen LogP contribution in [0.15, 0.2) is 91.0 Å². The normalized spacial score (nSPS) is 12.6. The van der Waals surface area contributed by atoms with Crippen LogP contribution in [0.25, 0.3) is 0 Å². The summed E-state index contributed by atoms with van der Waals surface area (Å²) in [5, 5.41) is 0. The number of benzene rings is 3. The average Bonchev–Trinajstić information content (AvgIpc) is 2.69. The van der Waals surface area contributed by atoms with Crippen LogP contribution < -0.4 is 0 Å². The highest BCUT2D eigenvalue weighted by molar-refractivity contribution is 5.27. The largest absolute Gasteiger partial charge is 0.0622 e. The van der Waals surface area contributed by atoms with Crippen LogP contribution in [0.3, 0.4) is 0 Å². The highest BCUT2D eigenvalue weighted by atomic mass is 14.2. The van der Waals surface area contributed by atoms with Crippen molar-refractivity contribution in [2.24, 2.45) is 0 Å². The maximum absolute atomic E-state index is 2.30. The molecule has 0 spiro atoms. The van der Waals surface area contributed by atoms with Gasteiger partial charge in [-0.25, -0.2) is 0 Å². The van der Waals surface area contributed by atoms with Crippen molar-refractivity contribution in [1.29, 1.82) is 0 Å². The summed E-state index contributed by atoms with van der Waals surface area (Å²) in [6.45, 7) is 6.76. The molecule has 0 fully saturated rings. The van der Waals surface area contributed by atoms with Gasteiger partial charge in [-0.2, -0.15) is 0 Å². The van der Waals surface area contributed by atoms with E-state index in [1.807, 2.05) is 6.07 Å². The van der Waals surface area contributed by atoms with Gasteiger partial charge in [0.25, 0.3) is 0 Å². The minimum atomic E-state index is 0.559. The van der Waals surface area contributed by atoms with E-state index in [4.69, 9.17) is 0 Å². The van der Waals surface area contributed by atoms with Gasteiger partial charge in [0, 0.05) is 0 Å². The number of hydrogen-bond acceptors (Lipinski definition) is 0. The van der Waals surface area contributed by atoms with Crippen LogP contribution in [0.2, 0.25) is 0 Å². The molecule has 0 nitrogen and oxygen atoms in total. The molecule has 3 aromatic rings. The topological polar surface area (TPSA) is 0 Å². The predicted molar refractivity (Wildman–Crippen MR) is 106 cm³/mol. The SMILES string of the molecule is CC(c1ccccc1)C(C)c1ccccc1.CCc1ccccc1. The minimum absolute atomic E-state index is 0.559. The lowest BCUT2D eigenvalue weighted by Gasteiger charge is -2.20. The van der Waals surface area contributed by atoms with Crippen LogP contribution in [0.1, 0.15) is 49.3 Å². The Morgan fingerprint density at radius 2 is 0.875 bits per heavy atom. The van der Waals surface area contributed by atoms with Gasteiger partial charge in [-0.05, 0) is 34.9 Å². The second kappa shape index (κ2) is 9.72. The Labute approximate surface area is 147 Å². The molecule has 0 aliphatic carbocycles. The molecule has 0 radical (unpaired) electrons. The summed E-state index contributed by atoms with van der Waals surface area (Å²) in [4.78, 5) is 0. The van der Waals surface area contributed by atoms with Crippen LogP contribution in [-0.4, -0.2) is 0 Å². The summed E-state index contributed by atoms with van der Waals surface area (Å²) in [6.07, 6.45) is 1.14. The predicted octanol–water partition coefficient (Wildman–Crippen LogP) is 6.84. The van der Waals surface area contributed by atoms with Gasteiger partial charge >= 0.3 is 0 Å². The minimum Gasteiger partial charge on any atom is -0.0622 e. The molecule has 0 amide bonds. The molecule has 0 aliphatic heterocycles. The monoisotopic (exact) mass is 316 g/mol. The lowest BCUT2D eigenvalue weighted by atomic mass is 9.84. The zero-order valence-electron chi connectivity index (χ0n) is 15.0. The van der Waals surface area contributed by atoms with Gasteiger partial charge in [0.2, 0.25) is 0 Å². The maximum atomic E-state index is 2.30. The summed E-state index contributed by atoms with van der Waals surface area (Å²) in [6, 6.07) is 31.9. The standard InChI is InChI=1S/C16H18.C8H10/c1-13(15-9-5-3-6-10-15)14(2)16-11-7-4-8-12-16;1-2-8-6-4-3-5-7-8/h3-14H,1-2H3;3-7H,2H2,1H3. The molecule has 0 bridgehead atoms. The third-order valence-corrected chi connectivity index (χ3v) is 4.65. The average molecular weight is 316 g/mol. The van der Waals surface area contributed by atoms with E-state index in [9.17, 15) is 0 Å². The molecule has 0 aromatic heterocycles. The van der Waals surface area contributed by atoms with Crippen molar-refractivity contribution in [3.63, 3.8) is 0 Å². The third-order valence-electron chi connectivity index (χ3n) is 4.65. The van der Waals surface area contributed by atoms with Crippen LogP contribution in [-0.2, 0) is 6.42 Å². The summed E-state index contributed by atoms with van der Waals surface area (Å²) >= 11 is 0. The van der Waals surface area contributed by atoms with Crippen molar-refractivity contribution in [3.05, 3.63) is 108 Å². The molecule has 2 unspecified atom stereocenters. The maximum Gasteiger partial charge on any atom is -0.0124 e. The van der Waals surface area contributed by atoms with E-state index in [-0.39, 0.29) is 0 Å². The molecule has 0 aliphatic rings. The van der Waals surface area contributed by atoms with Gasteiger partial charge < -0.3 is 0 Å². The van der Waals surface area contributed by atoms with E-state index in [0.29, 0.717) is 11.8 Å². The van der Waals surface area contributed by atoms with Gasteiger partial charge in [0.1, 0.15) is 0 Å². The molecule has 0 N–H and O–H groups in total. The number of rotatable bonds is 4. The molecule has 0 saturated carbocycles. The summed E-state index contributed by atoms with van der Waals surface area (Å²) < 4.78 is 0. The Morgan fingerprint density at radius 1 is 0.542 bits per heavy atom. The summed E-state index contributed by atoms with van der Waals surface area (Å²) in [5.74, 6) is 1.12. The smallest absolute Gasteiger partial charge is 0.0124 e.